The molecule has 0 radical (unpaired) electrons. The molecule has 0 amide bonds. The minimum atomic E-state index is -1.08. The van der Waals surface area contributed by atoms with E-state index in [9.17, 15) is 19.9 Å². The van der Waals surface area contributed by atoms with E-state index in [1.807, 2.05) is 42.5 Å². The van der Waals surface area contributed by atoms with E-state index in [1.165, 1.54) is 26.6 Å². The molecule has 3 saturated heterocycles. The van der Waals surface area contributed by atoms with Gasteiger partial charge in [0.05, 0.1) is 20.1 Å². The first-order chi connectivity index (χ1) is 24.1. The average Bonchev–Trinajstić information content (AvgIpc) is 3.54. The summed E-state index contributed by atoms with van der Waals surface area (Å²) in [6, 6.07) is 16.9. The first-order valence-corrected chi connectivity index (χ1v) is 18.0. The van der Waals surface area contributed by atoms with Gasteiger partial charge >= 0.3 is 11.9 Å². The highest BCUT2D eigenvalue weighted by Gasteiger charge is 2.38. The summed E-state index contributed by atoms with van der Waals surface area (Å²) in [5.74, 6) is -1.01. The van der Waals surface area contributed by atoms with Crippen LogP contribution in [0.4, 0.5) is 0 Å². The number of thiophene rings is 1. The van der Waals surface area contributed by atoms with Crippen LogP contribution in [-0.4, -0.2) is 68.4 Å². The molecule has 2 N–H and O–H groups in total. The number of hydrogen-bond acceptors (Lipinski definition) is 9. The maximum atomic E-state index is 13.7. The molecule has 5 heterocycles. The van der Waals surface area contributed by atoms with Crippen LogP contribution in [-0.2, 0) is 22.5 Å². The minimum absolute atomic E-state index is 0.104. The number of methoxy groups -OCH3 is 2. The Bertz CT molecular complexity index is 1810. The van der Waals surface area contributed by atoms with Crippen molar-refractivity contribution in [2.24, 2.45) is 5.92 Å². The Labute approximate surface area is 305 Å². The summed E-state index contributed by atoms with van der Waals surface area (Å²) in [5, 5.41) is 26.1. The minimum Gasteiger partial charge on any atom is -0.619 e. The number of pyridine rings is 1. The zero-order valence-corrected chi connectivity index (χ0v) is 30.1. The Balaban J connectivity index is 1.27. The molecule has 3 atom stereocenters. The summed E-state index contributed by atoms with van der Waals surface area (Å²) >= 11 is 14.2. The second-order valence-electron chi connectivity index (χ2n) is 12.7. The monoisotopic (exact) mass is 739 g/mol. The van der Waals surface area contributed by atoms with E-state index in [0.29, 0.717) is 46.4 Å². The van der Waals surface area contributed by atoms with E-state index in [2.05, 4.69) is 10.2 Å². The third-order valence-electron chi connectivity index (χ3n) is 9.66. The van der Waals surface area contributed by atoms with Crippen LogP contribution in [0.2, 0.25) is 10.0 Å². The molecular weight excluding hydrogens is 701 g/mol. The number of nitrogens with one attached hydrogen (secondary N) is 1. The summed E-state index contributed by atoms with van der Waals surface area (Å²) in [6.07, 6.45) is 4.64. The summed E-state index contributed by atoms with van der Waals surface area (Å²) < 4.78 is 17.7. The van der Waals surface area contributed by atoms with Crippen LogP contribution in [0, 0.1) is 11.1 Å². The molecule has 13 heteroatoms. The first-order valence-electron chi connectivity index (χ1n) is 16.5. The average molecular weight is 741 g/mol. The van der Waals surface area contributed by atoms with E-state index >= 15 is 0 Å². The third kappa shape index (κ3) is 8.03. The van der Waals surface area contributed by atoms with Gasteiger partial charge in [0, 0.05) is 36.0 Å². The van der Waals surface area contributed by atoms with Crippen molar-refractivity contribution in [3.05, 3.63) is 114 Å². The molecule has 2 bridgehead atoms. The molecule has 3 aliphatic rings. The fourth-order valence-electron chi connectivity index (χ4n) is 7.02. The molecule has 7 rings (SSSR count). The van der Waals surface area contributed by atoms with Crippen molar-refractivity contribution in [1.82, 2.24) is 10.2 Å². The van der Waals surface area contributed by atoms with Gasteiger partial charge in [-0.2, -0.15) is 4.73 Å². The number of esters is 1. The fraction of sp³-hybridized carbons (Fsp3) is 0.378. The molecule has 2 aromatic carbocycles. The van der Waals surface area contributed by atoms with Crippen LogP contribution in [0.1, 0.15) is 61.5 Å². The van der Waals surface area contributed by atoms with Crippen LogP contribution >= 0.6 is 34.5 Å². The van der Waals surface area contributed by atoms with Gasteiger partial charge in [-0.15, -0.1) is 11.3 Å². The second-order valence-corrected chi connectivity index (χ2v) is 14.6. The predicted molar refractivity (Wildman–Crippen MR) is 192 cm³/mol. The maximum absolute atomic E-state index is 13.7. The Morgan fingerprint density at radius 2 is 1.72 bits per heavy atom. The topological polar surface area (TPSA) is 124 Å². The molecule has 3 aliphatic heterocycles. The van der Waals surface area contributed by atoms with E-state index in [1.54, 1.807) is 12.1 Å². The van der Waals surface area contributed by atoms with Gasteiger partial charge in [0.15, 0.2) is 23.9 Å². The van der Waals surface area contributed by atoms with E-state index in [-0.39, 0.29) is 33.4 Å². The van der Waals surface area contributed by atoms with Gasteiger partial charge in [0.25, 0.3) is 0 Å². The molecule has 0 spiro atoms. The number of rotatable bonds is 14. The molecule has 2 aromatic heterocycles. The van der Waals surface area contributed by atoms with Crippen molar-refractivity contribution in [3.8, 4) is 11.5 Å². The maximum Gasteiger partial charge on any atom is 0.346 e. The number of benzene rings is 2. The number of piperidine rings is 3. The van der Waals surface area contributed by atoms with Crippen molar-refractivity contribution < 1.29 is 33.6 Å². The van der Waals surface area contributed by atoms with Crippen molar-refractivity contribution in [2.45, 2.75) is 43.7 Å². The number of nitrogens with zero attached hydrogens (tertiary/aromatic N) is 2. The van der Waals surface area contributed by atoms with Gasteiger partial charge in [-0.3, -0.25) is 9.69 Å². The lowest BCUT2D eigenvalue weighted by Crippen LogP contribution is -2.52. The van der Waals surface area contributed by atoms with E-state index in [0.717, 1.165) is 59.8 Å². The normalized spacial score (nSPS) is 19.5. The van der Waals surface area contributed by atoms with Crippen molar-refractivity contribution >= 4 is 46.5 Å². The van der Waals surface area contributed by atoms with Gasteiger partial charge in [-0.25, -0.2) is 4.79 Å². The lowest BCUT2D eigenvalue weighted by atomic mass is 9.85. The molecule has 10 nitrogen and oxygen atoms in total. The van der Waals surface area contributed by atoms with Crippen LogP contribution in [0.3, 0.4) is 0 Å². The zero-order valence-electron chi connectivity index (χ0n) is 27.8. The van der Waals surface area contributed by atoms with Crippen LogP contribution in [0.5, 0.6) is 11.5 Å². The summed E-state index contributed by atoms with van der Waals surface area (Å²) in [4.78, 5) is 29.6. The largest absolute Gasteiger partial charge is 0.619 e. The second kappa shape index (κ2) is 16.0. The molecule has 50 heavy (non-hydrogen) atoms. The molecule has 0 saturated carbocycles. The number of carbonyl (C=O) groups is 2. The zero-order chi connectivity index (χ0) is 35.4. The quantitative estimate of drug-likeness (QED) is 0.0873. The Kier molecular flexibility index (Phi) is 11.5. The van der Waals surface area contributed by atoms with Gasteiger partial charge in [0.1, 0.15) is 21.0 Å². The number of aromatic carboxylic acids is 1. The molecular formula is C37H39Cl2N3O7S. The van der Waals surface area contributed by atoms with Crippen LogP contribution < -0.4 is 19.5 Å². The van der Waals surface area contributed by atoms with Crippen LogP contribution in [0.25, 0.3) is 0 Å². The van der Waals surface area contributed by atoms with Crippen LogP contribution in [0.15, 0.2) is 67.0 Å². The first kappa shape index (κ1) is 35.9. The van der Waals surface area contributed by atoms with E-state index in [4.69, 9.17) is 37.4 Å². The highest BCUT2D eigenvalue weighted by Crippen LogP contribution is 2.41. The molecule has 1 unspecified atom stereocenters. The number of halogens is 2. The SMILES string of the molecule is COc1ccc([C@H](Cc2c(Cl)c[n+]([O-])cc2Cl)c2cc(CNCC(C(=O)O[C@H]3CN4CCC3CC4)c3ccccc3)sc2C(=O)O)cc1OC. The lowest BCUT2D eigenvalue weighted by molar-refractivity contribution is -0.605. The number of carbonyl (C=O) groups excluding carboxylic acids is 1. The third-order valence-corrected chi connectivity index (χ3v) is 11.4. The molecule has 4 aromatic rings. The van der Waals surface area contributed by atoms with Gasteiger partial charge < -0.3 is 29.8 Å². The van der Waals surface area contributed by atoms with Crippen molar-refractivity contribution in [3.63, 3.8) is 0 Å². The number of ether oxygens (including phenoxy) is 3. The number of fused-ring (bicyclic) bond motifs is 3. The Morgan fingerprint density at radius 3 is 2.34 bits per heavy atom. The highest BCUT2D eigenvalue weighted by atomic mass is 35.5. The smallest absolute Gasteiger partial charge is 0.346 e. The predicted octanol–water partition coefficient (Wildman–Crippen LogP) is 6.29. The number of hydrogen-bond donors (Lipinski definition) is 2. The van der Waals surface area contributed by atoms with Crippen molar-refractivity contribution in [1.29, 1.82) is 0 Å². The van der Waals surface area contributed by atoms with Gasteiger partial charge in [-0.05, 0) is 73.2 Å². The molecule has 0 aliphatic carbocycles. The van der Waals surface area contributed by atoms with Crippen molar-refractivity contribution in [2.75, 3.05) is 40.4 Å². The number of aromatic nitrogens is 1. The Hall–Kier alpha value is -3.87. The lowest BCUT2D eigenvalue weighted by Gasteiger charge is -2.44. The highest BCUT2D eigenvalue weighted by molar-refractivity contribution is 7.14. The Morgan fingerprint density at radius 1 is 1.02 bits per heavy atom. The summed E-state index contributed by atoms with van der Waals surface area (Å²) in [6.45, 7) is 3.52. The summed E-state index contributed by atoms with van der Waals surface area (Å²) in [7, 11) is 3.07. The van der Waals surface area contributed by atoms with Gasteiger partial charge in [-0.1, -0.05) is 59.6 Å². The molecule has 264 valence electrons. The van der Waals surface area contributed by atoms with Gasteiger partial charge in [0.2, 0.25) is 0 Å². The summed E-state index contributed by atoms with van der Waals surface area (Å²) in [5.41, 5.74) is 2.66. The number of carboxylic acid groups (broad SMARTS) is 1. The molecule has 3 fully saturated rings. The fourth-order valence-corrected chi connectivity index (χ4v) is 8.64. The standard InChI is InChI=1S/C37H39Cl2N3O7S/c1-47-32-9-8-24(14-33(32)48-2)26(16-28-30(38)19-42(46)20-31(28)39)27-15-25(50-35(27)36(43)44)17-40-18-29(22-6-4-3-5-7-22)37(45)49-34-21-41-12-10-23(34)11-13-41/h3-9,14-15,19-20,23,26,29,34,40H,10-13,16-18,21H2,1-2H3,(H,43,44)/t26-,29?,34-/m0/s1. The van der Waals surface area contributed by atoms with E-state index < -0.39 is 17.8 Å². The number of carboxylic acids is 1.